The highest BCUT2D eigenvalue weighted by Crippen LogP contribution is 2.21. The fourth-order valence-electron chi connectivity index (χ4n) is 1.71. The van der Waals surface area contributed by atoms with Crippen LogP contribution in [0, 0.1) is 0 Å². The Hall–Kier alpha value is -1.50. The largest absolute Gasteiger partial charge is 0.377 e. The van der Waals surface area contributed by atoms with E-state index in [2.05, 4.69) is 68.4 Å². The molecule has 0 saturated heterocycles. The monoisotopic (exact) mass is 201 g/mol. The van der Waals surface area contributed by atoms with Gasteiger partial charge in [0.2, 0.25) is 0 Å². The second-order valence-corrected chi connectivity index (χ2v) is 3.66. The average Bonchev–Trinajstić information content (AvgIpc) is 2.21. The van der Waals surface area contributed by atoms with Crippen LogP contribution < -0.4 is 0 Å². The van der Waals surface area contributed by atoms with Crippen molar-refractivity contribution in [1.82, 2.24) is 4.90 Å². The molecule has 80 valence electrons. The highest BCUT2D eigenvalue weighted by atomic mass is 15.1. The third-order valence-electron chi connectivity index (χ3n) is 2.34. The Kier molecular flexibility index (Phi) is 4.17. The van der Waals surface area contributed by atoms with Crippen molar-refractivity contribution in [2.24, 2.45) is 0 Å². The summed E-state index contributed by atoms with van der Waals surface area (Å²) in [5, 5.41) is 0. The molecule has 0 saturated carbocycles. The molecule has 15 heavy (non-hydrogen) atoms. The number of nitrogens with zero attached hydrogens (tertiary/aromatic N) is 1. The van der Waals surface area contributed by atoms with Gasteiger partial charge < -0.3 is 4.90 Å². The van der Waals surface area contributed by atoms with Crippen molar-refractivity contribution >= 4 is 11.8 Å². The first-order valence-corrected chi connectivity index (χ1v) is 5.26. The van der Waals surface area contributed by atoms with Crippen molar-refractivity contribution in [2.45, 2.75) is 13.8 Å². The van der Waals surface area contributed by atoms with Gasteiger partial charge in [-0.05, 0) is 19.4 Å². The molecule has 0 fully saturated rings. The summed E-state index contributed by atoms with van der Waals surface area (Å²) in [5.74, 6) is 0. The number of allylic oxidation sites excluding steroid dienone is 2. The molecule has 0 atom stereocenters. The van der Waals surface area contributed by atoms with Gasteiger partial charge in [0.25, 0.3) is 0 Å². The maximum absolute atomic E-state index is 2.16. The van der Waals surface area contributed by atoms with E-state index in [1.165, 1.54) is 16.8 Å². The fraction of sp³-hybridized carbons (Fsp3) is 0.286. The summed E-state index contributed by atoms with van der Waals surface area (Å²) in [6.07, 6.45) is 6.35. The Morgan fingerprint density at radius 3 is 2.33 bits per heavy atom. The van der Waals surface area contributed by atoms with E-state index in [4.69, 9.17) is 0 Å². The molecule has 0 aliphatic rings. The molecule has 0 radical (unpaired) electrons. The predicted molar refractivity (Wildman–Crippen MR) is 68.5 cm³/mol. The normalized spacial score (nSPS) is 12.1. The molecule has 0 aromatic heterocycles. The van der Waals surface area contributed by atoms with Crippen LogP contribution in [-0.2, 0) is 0 Å². The van der Waals surface area contributed by atoms with Crippen molar-refractivity contribution < 1.29 is 0 Å². The van der Waals surface area contributed by atoms with Crippen molar-refractivity contribution in [3.63, 3.8) is 0 Å². The topological polar surface area (TPSA) is 3.24 Å². The van der Waals surface area contributed by atoms with Gasteiger partial charge in [0.15, 0.2) is 0 Å². The second kappa shape index (κ2) is 5.40. The molecule has 0 heterocycles. The summed E-state index contributed by atoms with van der Waals surface area (Å²) in [5.41, 5.74) is 3.80. The van der Waals surface area contributed by atoms with E-state index in [-0.39, 0.29) is 0 Å². The van der Waals surface area contributed by atoms with Gasteiger partial charge in [-0.15, -0.1) is 0 Å². The number of hydrogen-bond donors (Lipinski definition) is 0. The molecule has 0 aliphatic carbocycles. The van der Waals surface area contributed by atoms with E-state index in [9.17, 15) is 0 Å². The van der Waals surface area contributed by atoms with Gasteiger partial charge in [-0.3, -0.25) is 0 Å². The Balaban J connectivity index is 3.23. The lowest BCUT2D eigenvalue weighted by molar-refractivity contribution is 0.591. The van der Waals surface area contributed by atoms with Crippen LogP contribution >= 0.6 is 0 Å². The van der Waals surface area contributed by atoms with Crippen LogP contribution in [0.5, 0.6) is 0 Å². The zero-order valence-corrected chi connectivity index (χ0v) is 9.99. The summed E-state index contributed by atoms with van der Waals surface area (Å²) in [7, 11) is 4.14. The Labute approximate surface area is 92.7 Å². The molecule has 0 N–H and O–H groups in total. The van der Waals surface area contributed by atoms with Crippen molar-refractivity contribution in [3.05, 3.63) is 47.5 Å². The van der Waals surface area contributed by atoms with E-state index in [0.717, 1.165) is 0 Å². The molecule has 0 amide bonds. The summed E-state index contributed by atoms with van der Waals surface area (Å²) in [6.45, 7) is 4.11. The minimum atomic E-state index is 1.25. The second-order valence-electron chi connectivity index (χ2n) is 3.66. The maximum Gasteiger partial charge on any atom is 0.0397 e. The molecule has 1 aromatic carbocycles. The quantitative estimate of drug-likeness (QED) is 0.721. The summed E-state index contributed by atoms with van der Waals surface area (Å²) >= 11 is 0. The molecular formula is C14H19N. The molecule has 0 unspecified atom stereocenters. The highest BCUT2D eigenvalue weighted by molar-refractivity contribution is 5.72. The smallest absolute Gasteiger partial charge is 0.0397 e. The van der Waals surface area contributed by atoms with Crippen LogP contribution in [0.2, 0.25) is 0 Å². The van der Waals surface area contributed by atoms with Crippen molar-refractivity contribution in [3.8, 4) is 0 Å². The van der Waals surface area contributed by atoms with Crippen LogP contribution in [-0.4, -0.2) is 19.0 Å². The summed E-state index contributed by atoms with van der Waals surface area (Å²) < 4.78 is 0. The third kappa shape index (κ3) is 2.72. The van der Waals surface area contributed by atoms with Gasteiger partial charge in [-0.2, -0.15) is 0 Å². The first-order chi connectivity index (χ1) is 7.20. The van der Waals surface area contributed by atoms with Gasteiger partial charge in [0, 0.05) is 25.4 Å². The van der Waals surface area contributed by atoms with E-state index in [0.29, 0.717) is 0 Å². The van der Waals surface area contributed by atoms with E-state index in [1.54, 1.807) is 0 Å². The molecule has 0 aliphatic heterocycles. The zero-order valence-electron chi connectivity index (χ0n) is 9.99. The number of hydrogen-bond acceptors (Lipinski definition) is 1. The lowest BCUT2D eigenvalue weighted by atomic mass is 10.0. The van der Waals surface area contributed by atoms with E-state index < -0.39 is 0 Å². The number of benzene rings is 1. The molecular weight excluding hydrogens is 182 g/mol. The summed E-state index contributed by atoms with van der Waals surface area (Å²) in [4.78, 5) is 2.14. The molecule has 1 rings (SSSR count). The molecule has 1 heteroatoms. The minimum Gasteiger partial charge on any atom is -0.377 e. The minimum absolute atomic E-state index is 1.25. The molecule has 1 nitrogen and oxygen atoms in total. The highest BCUT2D eigenvalue weighted by Gasteiger charge is 2.05. The van der Waals surface area contributed by atoms with E-state index >= 15 is 0 Å². The van der Waals surface area contributed by atoms with E-state index in [1.807, 2.05) is 6.92 Å². The Morgan fingerprint density at radius 1 is 1.13 bits per heavy atom. The van der Waals surface area contributed by atoms with Gasteiger partial charge >= 0.3 is 0 Å². The Morgan fingerprint density at radius 2 is 1.80 bits per heavy atom. The SMILES string of the molecule is C/C=C\c1ccccc1/C(=C\C)N(C)C. The van der Waals surface area contributed by atoms with Gasteiger partial charge in [0.1, 0.15) is 0 Å². The van der Waals surface area contributed by atoms with Crippen LogP contribution in [0.15, 0.2) is 36.4 Å². The fourth-order valence-corrected chi connectivity index (χ4v) is 1.71. The molecule has 0 bridgehead atoms. The lowest BCUT2D eigenvalue weighted by Crippen LogP contribution is -2.10. The lowest BCUT2D eigenvalue weighted by Gasteiger charge is -2.19. The summed E-state index contributed by atoms with van der Waals surface area (Å²) in [6, 6.07) is 8.45. The molecule has 0 spiro atoms. The van der Waals surface area contributed by atoms with Crippen molar-refractivity contribution in [1.29, 1.82) is 0 Å². The average molecular weight is 201 g/mol. The van der Waals surface area contributed by atoms with Gasteiger partial charge in [-0.25, -0.2) is 0 Å². The first kappa shape index (κ1) is 11.6. The zero-order chi connectivity index (χ0) is 11.3. The first-order valence-electron chi connectivity index (χ1n) is 5.26. The number of rotatable bonds is 3. The van der Waals surface area contributed by atoms with Crippen LogP contribution in [0.4, 0.5) is 0 Å². The predicted octanol–water partition coefficient (Wildman–Crippen LogP) is 3.64. The van der Waals surface area contributed by atoms with Gasteiger partial charge in [-0.1, -0.05) is 42.5 Å². The van der Waals surface area contributed by atoms with Crippen LogP contribution in [0.1, 0.15) is 25.0 Å². The van der Waals surface area contributed by atoms with Crippen LogP contribution in [0.3, 0.4) is 0 Å². The van der Waals surface area contributed by atoms with Crippen LogP contribution in [0.25, 0.3) is 11.8 Å². The standard InChI is InChI=1S/C14H19N/c1-5-9-12-10-7-8-11-13(12)14(6-2)15(3)4/h5-11H,1-4H3/b9-5-,14-6+. The molecule has 1 aromatic rings. The Bertz CT molecular complexity index is 373. The maximum atomic E-state index is 2.16. The third-order valence-corrected chi connectivity index (χ3v) is 2.34. The van der Waals surface area contributed by atoms with Crippen molar-refractivity contribution in [2.75, 3.05) is 14.1 Å². The van der Waals surface area contributed by atoms with Gasteiger partial charge in [0.05, 0.1) is 0 Å².